The first-order valence-electron chi connectivity index (χ1n) is 9.60. The number of carbonyl (C=O) groups excluding carboxylic acids is 1. The quantitative estimate of drug-likeness (QED) is 0.780. The standard InChI is InChI=1S/C23H29NO3/c1-23(2)16-18(13-14-27-23)21(17-7-5-4-6-8-17)15-22(25)24-19-9-11-20(26-3)12-10-19/h4-12,18,21H,13-16H2,1-3H3,(H,24,25)/t18-,21+/m0/s1. The summed E-state index contributed by atoms with van der Waals surface area (Å²) in [5, 5.41) is 3.03. The Morgan fingerprint density at radius 3 is 2.52 bits per heavy atom. The predicted molar refractivity (Wildman–Crippen MR) is 108 cm³/mol. The van der Waals surface area contributed by atoms with Crippen molar-refractivity contribution in [1.82, 2.24) is 0 Å². The fraction of sp³-hybridized carbons (Fsp3) is 0.435. The van der Waals surface area contributed by atoms with Gasteiger partial charge < -0.3 is 14.8 Å². The Hall–Kier alpha value is -2.33. The first kappa shape index (κ1) is 19.4. The highest BCUT2D eigenvalue weighted by atomic mass is 16.5. The van der Waals surface area contributed by atoms with Crippen LogP contribution in [0.5, 0.6) is 5.75 Å². The molecule has 27 heavy (non-hydrogen) atoms. The van der Waals surface area contributed by atoms with E-state index in [4.69, 9.17) is 9.47 Å². The molecule has 4 heteroatoms. The van der Waals surface area contributed by atoms with E-state index < -0.39 is 0 Å². The van der Waals surface area contributed by atoms with Crippen LogP contribution < -0.4 is 10.1 Å². The molecule has 0 saturated carbocycles. The number of ether oxygens (including phenoxy) is 2. The fourth-order valence-electron chi connectivity index (χ4n) is 3.97. The second-order valence-electron chi connectivity index (χ2n) is 7.86. The first-order valence-corrected chi connectivity index (χ1v) is 9.60. The molecule has 0 aromatic heterocycles. The van der Waals surface area contributed by atoms with Crippen LogP contribution in [0.1, 0.15) is 44.6 Å². The largest absolute Gasteiger partial charge is 0.497 e. The van der Waals surface area contributed by atoms with Gasteiger partial charge in [0.15, 0.2) is 0 Å². The Morgan fingerprint density at radius 1 is 1.19 bits per heavy atom. The summed E-state index contributed by atoms with van der Waals surface area (Å²) < 4.78 is 11.1. The van der Waals surface area contributed by atoms with Gasteiger partial charge in [-0.05, 0) is 68.4 Å². The molecule has 144 valence electrons. The van der Waals surface area contributed by atoms with Gasteiger partial charge in [-0.3, -0.25) is 4.79 Å². The molecule has 1 fully saturated rings. The molecule has 1 aliphatic heterocycles. The number of methoxy groups -OCH3 is 1. The molecule has 1 saturated heterocycles. The molecule has 1 aliphatic rings. The van der Waals surface area contributed by atoms with Gasteiger partial charge in [0.2, 0.25) is 5.91 Å². The average Bonchev–Trinajstić information content (AvgIpc) is 2.66. The van der Waals surface area contributed by atoms with Crippen molar-refractivity contribution in [2.24, 2.45) is 5.92 Å². The van der Waals surface area contributed by atoms with Gasteiger partial charge in [0.05, 0.1) is 12.7 Å². The molecular formula is C23H29NO3. The summed E-state index contributed by atoms with van der Waals surface area (Å²) in [5.41, 5.74) is 1.88. The van der Waals surface area contributed by atoms with E-state index in [-0.39, 0.29) is 17.4 Å². The van der Waals surface area contributed by atoms with Crippen LogP contribution >= 0.6 is 0 Å². The van der Waals surface area contributed by atoms with E-state index in [0.29, 0.717) is 12.3 Å². The third-order valence-corrected chi connectivity index (χ3v) is 5.31. The van der Waals surface area contributed by atoms with Crippen LogP contribution in [0, 0.1) is 5.92 Å². The highest BCUT2D eigenvalue weighted by Gasteiger charge is 2.35. The van der Waals surface area contributed by atoms with Crippen molar-refractivity contribution in [1.29, 1.82) is 0 Å². The van der Waals surface area contributed by atoms with Crippen LogP contribution in [0.15, 0.2) is 54.6 Å². The molecule has 0 radical (unpaired) electrons. The topological polar surface area (TPSA) is 47.6 Å². The Kier molecular flexibility index (Phi) is 6.17. The van der Waals surface area contributed by atoms with E-state index in [1.807, 2.05) is 42.5 Å². The lowest BCUT2D eigenvalue weighted by atomic mass is 9.75. The van der Waals surface area contributed by atoms with Crippen LogP contribution in [0.2, 0.25) is 0 Å². The van der Waals surface area contributed by atoms with Crippen LogP contribution in [0.3, 0.4) is 0 Å². The van der Waals surface area contributed by atoms with Crippen LogP contribution in [-0.2, 0) is 9.53 Å². The summed E-state index contributed by atoms with van der Waals surface area (Å²) in [4.78, 5) is 12.8. The van der Waals surface area contributed by atoms with Crippen molar-refractivity contribution in [2.45, 2.75) is 44.6 Å². The maximum absolute atomic E-state index is 12.8. The van der Waals surface area contributed by atoms with Gasteiger partial charge in [0.1, 0.15) is 5.75 Å². The second kappa shape index (κ2) is 8.57. The summed E-state index contributed by atoms with van der Waals surface area (Å²) in [7, 11) is 1.63. The summed E-state index contributed by atoms with van der Waals surface area (Å²) in [6.07, 6.45) is 2.41. The van der Waals surface area contributed by atoms with Gasteiger partial charge in [0, 0.05) is 18.7 Å². The maximum atomic E-state index is 12.8. The summed E-state index contributed by atoms with van der Waals surface area (Å²) in [6.45, 7) is 5.03. The van der Waals surface area contributed by atoms with Crippen molar-refractivity contribution >= 4 is 11.6 Å². The Balaban J connectivity index is 1.73. The Labute approximate surface area is 161 Å². The lowest BCUT2D eigenvalue weighted by molar-refractivity contribution is -0.118. The number of rotatable bonds is 6. The number of hydrogen-bond donors (Lipinski definition) is 1. The summed E-state index contributed by atoms with van der Waals surface area (Å²) >= 11 is 0. The lowest BCUT2D eigenvalue weighted by Gasteiger charge is -2.39. The minimum atomic E-state index is -0.137. The van der Waals surface area contributed by atoms with E-state index in [0.717, 1.165) is 30.9 Å². The van der Waals surface area contributed by atoms with Crippen LogP contribution in [-0.4, -0.2) is 25.2 Å². The minimum Gasteiger partial charge on any atom is -0.497 e. The minimum absolute atomic E-state index is 0.0401. The van der Waals surface area contributed by atoms with Gasteiger partial charge in [0.25, 0.3) is 0 Å². The highest BCUT2D eigenvalue weighted by Crippen LogP contribution is 2.40. The summed E-state index contributed by atoms with van der Waals surface area (Å²) in [6, 6.07) is 17.8. The molecule has 2 aromatic carbocycles. The Morgan fingerprint density at radius 2 is 1.89 bits per heavy atom. The monoisotopic (exact) mass is 367 g/mol. The molecule has 0 bridgehead atoms. The van der Waals surface area contributed by atoms with Gasteiger partial charge in [-0.1, -0.05) is 30.3 Å². The molecule has 0 spiro atoms. The zero-order valence-corrected chi connectivity index (χ0v) is 16.4. The van der Waals surface area contributed by atoms with E-state index in [2.05, 4.69) is 31.3 Å². The third-order valence-electron chi connectivity index (χ3n) is 5.31. The van der Waals surface area contributed by atoms with Crippen LogP contribution in [0.25, 0.3) is 0 Å². The van der Waals surface area contributed by atoms with Crippen molar-refractivity contribution in [3.8, 4) is 5.75 Å². The molecule has 1 heterocycles. The molecular weight excluding hydrogens is 338 g/mol. The van der Waals surface area contributed by atoms with E-state index >= 15 is 0 Å². The SMILES string of the molecule is COc1ccc(NC(=O)C[C@H](c2ccccc2)[C@H]2CCOC(C)(C)C2)cc1. The smallest absolute Gasteiger partial charge is 0.224 e. The van der Waals surface area contributed by atoms with E-state index in [1.54, 1.807) is 7.11 Å². The lowest BCUT2D eigenvalue weighted by Crippen LogP contribution is -2.37. The van der Waals surface area contributed by atoms with Gasteiger partial charge in [-0.15, -0.1) is 0 Å². The molecule has 1 amide bonds. The normalized spacial score (nSPS) is 19.9. The van der Waals surface area contributed by atoms with Gasteiger partial charge in [-0.2, -0.15) is 0 Å². The zero-order valence-electron chi connectivity index (χ0n) is 16.4. The van der Waals surface area contributed by atoms with Crippen molar-refractivity contribution < 1.29 is 14.3 Å². The molecule has 4 nitrogen and oxygen atoms in total. The van der Waals surface area contributed by atoms with Gasteiger partial charge in [-0.25, -0.2) is 0 Å². The van der Waals surface area contributed by atoms with Crippen molar-refractivity contribution in [3.05, 3.63) is 60.2 Å². The molecule has 0 aliphatic carbocycles. The fourth-order valence-corrected chi connectivity index (χ4v) is 3.97. The van der Waals surface area contributed by atoms with Crippen LogP contribution in [0.4, 0.5) is 5.69 Å². The van der Waals surface area contributed by atoms with E-state index in [1.165, 1.54) is 5.56 Å². The molecule has 1 N–H and O–H groups in total. The third kappa shape index (κ3) is 5.33. The maximum Gasteiger partial charge on any atom is 0.224 e. The van der Waals surface area contributed by atoms with Crippen molar-refractivity contribution in [2.75, 3.05) is 19.0 Å². The molecule has 0 unspecified atom stereocenters. The number of benzene rings is 2. The van der Waals surface area contributed by atoms with Gasteiger partial charge >= 0.3 is 0 Å². The van der Waals surface area contributed by atoms with Crippen molar-refractivity contribution in [3.63, 3.8) is 0 Å². The first-order chi connectivity index (χ1) is 13.0. The zero-order chi connectivity index (χ0) is 19.3. The number of anilines is 1. The molecule has 2 aromatic rings. The number of amides is 1. The molecule has 2 atom stereocenters. The Bertz CT molecular complexity index is 740. The second-order valence-corrected chi connectivity index (χ2v) is 7.86. The number of nitrogens with one attached hydrogen (secondary N) is 1. The average molecular weight is 367 g/mol. The summed E-state index contributed by atoms with van der Waals surface area (Å²) in [5.74, 6) is 1.43. The number of hydrogen-bond acceptors (Lipinski definition) is 3. The predicted octanol–water partition coefficient (Wildman–Crippen LogP) is 5.01. The highest BCUT2D eigenvalue weighted by molar-refractivity contribution is 5.91. The molecule has 3 rings (SSSR count). The van der Waals surface area contributed by atoms with E-state index in [9.17, 15) is 4.79 Å². The number of carbonyl (C=O) groups is 1.